The smallest absolute Gasteiger partial charge is 0.258 e. The number of aromatic nitrogens is 2. The number of rotatable bonds is 3. The summed E-state index contributed by atoms with van der Waals surface area (Å²) in [7, 11) is 1.55. The van der Waals surface area contributed by atoms with E-state index in [-0.39, 0.29) is 5.75 Å². The van der Waals surface area contributed by atoms with Gasteiger partial charge in [-0.3, -0.25) is 0 Å². The van der Waals surface area contributed by atoms with Gasteiger partial charge in [-0.1, -0.05) is 17.3 Å². The predicted molar refractivity (Wildman–Crippen MR) is 77.8 cm³/mol. The minimum absolute atomic E-state index is 0.146. The zero-order valence-electron chi connectivity index (χ0n) is 11.3. The van der Waals surface area contributed by atoms with E-state index in [0.717, 1.165) is 0 Å². The molecule has 0 unspecified atom stereocenters. The fourth-order valence-electron chi connectivity index (χ4n) is 1.97. The van der Waals surface area contributed by atoms with Gasteiger partial charge >= 0.3 is 0 Å². The number of phenols is 1. The SMILES string of the molecule is COc1ccc(-c2nc(-c3cccc(O)c3)no2)cc1N. The lowest BCUT2D eigenvalue weighted by Crippen LogP contribution is -1.92. The van der Waals surface area contributed by atoms with E-state index in [4.69, 9.17) is 15.0 Å². The molecule has 0 fully saturated rings. The van der Waals surface area contributed by atoms with Gasteiger partial charge in [0.15, 0.2) is 0 Å². The van der Waals surface area contributed by atoms with Crippen molar-refractivity contribution in [1.29, 1.82) is 0 Å². The third kappa shape index (κ3) is 2.51. The van der Waals surface area contributed by atoms with Gasteiger partial charge in [0.25, 0.3) is 5.89 Å². The van der Waals surface area contributed by atoms with Gasteiger partial charge in [-0.25, -0.2) is 0 Å². The summed E-state index contributed by atoms with van der Waals surface area (Å²) in [5.74, 6) is 1.48. The van der Waals surface area contributed by atoms with Crippen LogP contribution in [-0.2, 0) is 0 Å². The summed E-state index contributed by atoms with van der Waals surface area (Å²) < 4.78 is 10.3. The Labute approximate surface area is 120 Å². The molecule has 0 radical (unpaired) electrons. The minimum atomic E-state index is 0.146. The van der Waals surface area contributed by atoms with E-state index < -0.39 is 0 Å². The molecule has 0 aliphatic rings. The van der Waals surface area contributed by atoms with E-state index in [0.29, 0.717) is 34.3 Å². The maximum Gasteiger partial charge on any atom is 0.258 e. The molecule has 106 valence electrons. The number of nitrogen functional groups attached to an aromatic ring is 1. The molecule has 6 nitrogen and oxygen atoms in total. The number of methoxy groups -OCH3 is 1. The summed E-state index contributed by atoms with van der Waals surface area (Å²) >= 11 is 0. The highest BCUT2D eigenvalue weighted by Crippen LogP contribution is 2.29. The van der Waals surface area contributed by atoms with Crippen molar-refractivity contribution in [3.8, 4) is 34.3 Å². The number of aromatic hydroxyl groups is 1. The standard InChI is InChI=1S/C15H13N3O3/c1-20-13-6-5-10(8-12(13)16)15-17-14(18-21-15)9-3-2-4-11(19)7-9/h2-8,19H,16H2,1H3. The molecule has 0 amide bonds. The van der Waals surface area contributed by atoms with E-state index in [9.17, 15) is 5.11 Å². The van der Waals surface area contributed by atoms with Gasteiger partial charge in [0.2, 0.25) is 5.82 Å². The van der Waals surface area contributed by atoms with E-state index in [1.54, 1.807) is 49.6 Å². The van der Waals surface area contributed by atoms with Crippen molar-refractivity contribution in [2.24, 2.45) is 0 Å². The molecular weight excluding hydrogens is 270 g/mol. The summed E-state index contributed by atoms with van der Waals surface area (Å²) in [5, 5.41) is 13.4. The highest BCUT2D eigenvalue weighted by molar-refractivity contribution is 5.67. The van der Waals surface area contributed by atoms with Crippen molar-refractivity contribution in [3.63, 3.8) is 0 Å². The van der Waals surface area contributed by atoms with Crippen LogP contribution in [0.5, 0.6) is 11.5 Å². The molecule has 3 aromatic rings. The van der Waals surface area contributed by atoms with Gasteiger partial charge in [-0.2, -0.15) is 4.98 Å². The summed E-state index contributed by atoms with van der Waals surface area (Å²) in [6, 6.07) is 11.9. The quantitative estimate of drug-likeness (QED) is 0.718. The fraction of sp³-hybridized carbons (Fsp3) is 0.0667. The van der Waals surface area contributed by atoms with Crippen LogP contribution in [-0.4, -0.2) is 22.4 Å². The number of benzene rings is 2. The second kappa shape index (κ2) is 5.16. The molecule has 21 heavy (non-hydrogen) atoms. The predicted octanol–water partition coefficient (Wildman–Crippen LogP) is 2.70. The molecule has 3 N–H and O–H groups in total. The first-order chi connectivity index (χ1) is 10.2. The minimum Gasteiger partial charge on any atom is -0.508 e. The third-order valence-electron chi connectivity index (χ3n) is 3.01. The first kappa shape index (κ1) is 13.0. The Bertz CT molecular complexity index is 783. The van der Waals surface area contributed by atoms with Crippen LogP contribution in [0.4, 0.5) is 5.69 Å². The van der Waals surface area contributed by atoms with Gasteiger partial charge in [0.05, 0.1) is 12.8 Å². The highest BCUT2D eigenvalue weighted by atomic mass is 16.5. The summed E-state index contributed by atoms with van der Waals surface area (Å²) in [4.78, 5) is 4.30. The summed E-state index contributed by atoms with van der Waals surface area (Å²) in [6.45, 7) is 0. The van der Waals surface area contributed by atoms with Crippen molar-refractivity contribution in [2.45, 2.75) is 0 Å². The number of ether oxygens (including phenoxy) is 1. The van der Waals surface area contributed by atoms with Gasteiger partial charge in [0, 0.05) is 11.1 Å². The molecule has 2 aromatic carbocycles. The second-order valence-corrected chi connectivity index (χ2v) is 4.43. The number of hydrogen-bond donors (Lipinski definition) is 2. The van der Waals surface area contributed by atoms with Crippen LogP contribution in [0.3, 0.4) is 0 Å². The number of hydrogen-bond acceptors (Lipinski definition) is 6. The number of nitrogens with two attached hydrogens (primary N) is 1. The van der Waals surface area contributed by atoms with Crippen LogP contribution in [0.2, 0.25) is 0 Å². The molecule has 0 bridgehead atoms. The molecule has 0 aliphatic heterocycles. The van der Waals surface area contributed by atoms with Gasteiger partial charge < -0.3 is 20.1 Å². The zero-order valence-corrected chi connectivity index (χ0v) is 11.3. The number of phenolic OH excluding ortho intramolecular Hbond substituents is 1. The molecule has 0 saturated heterocycles. The Balaban J connectivity index is 1.96. The average molecular weight is 283 g/mol. The van der Waals surface area contributed by atoms with Gasteiger partial charge in [-0.05, 0) is 30.3 Å². The zero-order chi connectivity index (χ0) is 14.8. The highest BCUT2D eigenvalue weighted by Gasteiger charge is 2.12. The van der Waals surface area contributed by atoms with Crippen molar-refractivity contribution < 1.29 is 14.4 Å². The van der Waals surface area contributed by atoms with Crippen LogP contribution >= 0.6 is 0 Å². The Kier molecular flexibility index (Phi) is 3.19. The molecule has 1 heterocycles. The van der Waals surface area contributed by atoms with Crippen molar-refractivity contribution in [3.05, 3.63) is 42.5 Å². The molecule has 6 heteroatoms. The lowest BCUT2D eigenvalue weighted by atomic mass is 10.2. The fourth-order valence-corrected chi connectivity index (χ4v) is 1.97. The molecule has 0 aliphatic carbocycles. The van der Waals surface area contributed by atoms with Crippen molar-refractivity contribution in [1.82, 2.24) is 10.1 Å². The lowest BCUT2D eigenvalue weighted by Gasteiger charge is -2.04. The Morgan fingerprint density at radius 1 is 1.14 bits per heavy atom. The van der Waals surface area contributed by atoms with Crippen LogP contribution in [0.1, 0.15) is 0 Å². The first-order valence-corrected chi connectivity index (χ1v) is 6.24. The summed E-state index contributed by atoms with van der Waals surface area (Å²) in [5.41, 5.74) is 7.73. The molecule has 0 saturated carbocycles. The van der Waals surface area contributed by atoms with Crippen LogP contribution in [0.15, 0.2) is 47.0 Å². The van der Waals surface area contributed by atoms with Gasteiger partial charge in [-0.15, -0.1) is 0 Å². The molecule has 3 rings (SSSR count). The first-order valence-electron chi connectivity index (χ1n) is 6.24. The third-order valence-corrected chi connectivity index (χ3v) is 3.01. The van der Waals surface area contributed by atoms with E-state index in [1.807, 2.05) is 0 Å². The van der Waals surface area contributed by atoms with E-state index in [1.165, 1.54) is 0 Å². The molecule has 0 atom stereocenters. The normalized spacial score (nSPS) is 10.5. The Morgan fingerprint density at radius 2 is 2.00 bits per heavy atom. The largest absolute Gasteiger partial charge is 0.508 e. The van der Waals surface area contributed by atoms with Crippen molar-refractivity contribution in [2.75, 3.05) is 12.8 Å². The summed E-state index contributed by atoms with van der Waals surface area (Å²) in [6.07, 6.45) is 0. The monoisotopic (exact) mass is 283 g/mol. The lowest BCUT2D eigenvalue weighted by molar-refractivity contribution is 0.416. The second-order valence-electron chi connectivity index (χ2n) is 4.43. The van der Waals surface area contributed by atoms with Gasteiger partial charge in [0.1, 0.15) is 11.5 Å². The van der Waals surface area contributed by atoms with Crippen LogP contribution in [0, 0.1) is 0 Å². The van der Waals surface area contributed by atoms with Crippen molar-refractivity contribution >= 4 is 5.69 Å². The molecule has 0 spiro atoms. The Morgan fingerprint density at radius 3 is 2.71 bits per heavy atom. The van der Waals surface area contributed by atoms with Crippen LogP contribution in [0.25, 0.3) is 22.8 Å². The topological polar surface area (TPSA) is 94.4 Å². The number of nitrogens with zero attached hydrogens (tertiary/aromatic N) is 2. The average Bonchev–Trinajstić information content (AvgIpc) is 2.97. The maximum absolute atomic E-state index is 9.48. The molecule has 1 aromatic heterocycles. The van der Waals surface area contributed by atoms with E-state index in [2.05, 4.69) is 10.1 Å². The maximum atomic E-state index is 9.48. The van der Waals surface area contributed by atoms with Crippen LogP contribution < -0.4 is 10.5 Å². The molecular formula is C15H13N3O3. The van der Waals surface area contributed by atoms with E-state index >= 15 is 0 Å². The Hall–Kier alpha value is -3.02. The number of anilines is 1.